The minimum atomic E-state index is 0.128. The van der Waals surface area contributed by atoms with E-state index in [1.165, 1.54) is 0 Å². The molecule has 1 amide bonds. The van der Waals surface area contributed by atoms with Crippen LogP contribution in [0.5, 0.6) is 0 Å². The lowest BCUT2D eigenvalue weighted by Crippen LogP contribution is -2.35. The highest BCUT2D eigenvalue weighted by molar-refractivity contribution is 5.76. The van der Waals surface area contributed by atoms with Gasteiger partial charge in [-0.15, -0.1) is 0 Å². The van der Waals surface area contributed by atoms with E-state index >= 15 is 0 Å². The summed E-state index contributed by atoms with van der Waals surface area (Å²) in [5, 5.41) is 6.41. The highest BCUT2D eigenvalue weighted by Crippen LogP contribution is 2.05. The molecule has 0 spiro atoms. The molecule has 1 heterocycles. The van der Waals surface area contributed by atoms with Gasteiger partial charge in [0.15, 0.2) is 0 Å². The molecule has 1 fully saturated rings. The van der Waals surface area contributed by atoms with Gasteiger partial charge >= 0.3 is 0 Å². The molecule has 94 valence electrons. The molecule has 0 aromatic rings. The van der Waals surface area contributed by atoms with Crippen LogP contribution in [-0.4, -0.2) is 38.3 Å². The van der Waals surface area contributed by atoms with Gasteiger partial charge in [0, 0.05) is 19.1 Å². The first-order valence-corrected chi connectivity index (χ1v) is 6.40. The second kappa shape index (κ2) is 8.53. The monoisotopic (exact) mass is 228 g/mol. The predicted molar refractivity (Wildman–Crippen MR) is 64.4 cm³/mol. The Labute approximate surface area is 98.1 Å². The number of hydrogen-bond acceptors (Lipinski definition) is 3. The van der Waals surface area contributed by atoms with Crippen LogP contribution in [0.1, 0.15) is 39.0 Å². The summed E-state index contributed by atoms with van der Waals surface area (Å²) < 4.78 is 5.29. The molecule has 0 aromatic heterocycles. The maximum absolute atomic E-state index is 11.6. The van der Waals surface area contributed by atoms with E-state index in [0.29, 0.717) is 19.1 Å². The van der Waals surface area contributed by atoms with Gasteiger partial charge in [-0.25, -0.2) is 0 Å². The SMILES string of the molecule is CCCOCCC(=O)NC1CCCNCC1. The predicted octanol–water partition coefficient (Wildman–Crippen LogP) is 1.06. The van der Waals surface area contributed by atoms with Crippen molar-refractivity contribution in [3.05, 3.63) is 0 Å². The molecule has 1 aliphatic rings. The first-order valence-electron chi connectivity index (χ1n) is 6.40. The topological polar surface area (TPSA) is 50.4 Å². The Bertz CT molecular complexity index is 189. The third-order valence-electron chi connectivity index (χ3n) is 2.76. The van der Waals surface area contributed by atoms with Gasteiger partial charge in [0.25, 0.3) is 0 Å². The minimum Gasteiger partial charge on any atom is -0.381 e. The molecule has 0 saturated carbocycles. The Morgan fingerprint density at radius 3 is 3.06 bits per heavy atom. The number of nitrogens with one attached hydrogen (secondary N) is 2. The first kappa shape index (κ1) is 13.5. The first-order chi connectivity index (χ1) is 7.83. The van der Waals surface area contributed by atoms with Gasteiger partial charge in [0.1, 0.15) is 0 Å². The lowest BCUT2D eigenvalue weighted by Gasteiger charge is -2.15. The molecule has 1 rings (SSSR count). The largest absolute Gasteiger partial charge is 0.381 e. The summed E-state index contributed by atoms with van der Waals surface area (Å²) in [4.78, 5) is 11.6. The number of hydrogen-bond donors (Lipinski definition) is 2. The van der Waals surface area contributed by atoms with E-state index in [1.54, 1.807) is 0 Å². The van der Waals surface area contributed by atoms with Crippen molar-refractivity contribution >= 4 is 5.91 Å². The van der Waals surface area contributed by atoms with Crippen molar-refractivity contribution in [3.63, 3.8) is 0 Å². The van der Waals surface area contributed by atoms with Crippen molar-refractivity contribution in [1.29, 1.82) is 0 Å². The summed E-state index contributed by atoms with van der Waals surface area (Å²) in [6.07, 6.45) is 4.78. The lowest BCUT2D eigenvalue weighted by atomic mass is 10.1. The van der Waals surface area contributed by atoms with Gasteiger partial charge in [-0.05, 0) is 38.8 Å². The number of amides is 1. The fourth-order valence-corrected chi connectivity index (χ4v) is 1.87. The fourth-order valence-electron chi connectivity index (χ4n) is 1.87. The zero-order valence-corrected chi connectivity index (χ0v) is 10.3. The summed E-state index contributed by atoms with van der Waals surface area (Å²) >= 11 is 0. The van der Waals surface area contributed by atoms with E-state index in [-0.39, 0.29) is 5.91 Å². The Morgan fingerprint density at radius 1 is 1.38 bits per heavy atom. The van der Waals surface area contributed by atoms with Crippen LogP contribution >= 0.6 is 0 Å². The second-order valence-corrected chi connectivity index (χ2v) is 4.31. The molecule has 1 atom stereocenters. The third kappa shape index (κ3) is 6.08. The molecule has 4 nitrogen and oxygen atoms in total. The summed E-state index contributed by atoms with van der Waals surface area (Å²) in [5.41, 5.74) is 0. The fraction of sp³-hybridized carbons (Fsp3) is 0.917. The average molecular weight is 228 g/mol. The summed E-state index contributed by atoms with van der Waals surface area (Å²) in [6, 6.07) is 0.355. The van der Waals surface area contributed by atoms with E-state index in [4.69, 9.17) is 4.74 Å². The molecule has 0 radical (unpaired) electrons. The average Bonchev–Trinajstić information content (AvgIpc) is 2.53. The Morgan fingerprint density at radius 2 is 2.25 bits per heavy atom. The molecule has 16 heavy (non-hydrogen) atoms. The van der Waals surface area contributed by atoms with Crippen LogP contribution in [0.25, 0.3) is 0 Å². The van der Waals surface area contributed by atoms with Crippen molar-refractivity contribution in [2.45, 2.75) is 45.1 Å². The molecule has 4 heteroatoms. The zero-order chi connectivity index (χ0) is 11.6. The maximum Gasteiger partial charge on any atom is 0.222 e. The zero-order valence-electron chi connectivity index (χ0n) is 10.3. The highest BCUT2D eigenvalue weighted by atomic mass is 16.5. The number of carbonyl (C=O) groups excluding carboxylic acids is 1. The van der Waals surface area contributed by atoms with E-state index in [9.17, 15) is 4.79 Å². The van der Waals surface area contributed by atoms with Crippen LogP contribution in [-0.2, 0) is 9.53 Å². The van der Waals surface area contributed by atoms with Gasteiger partial charge in [-0.2, -0.15) is 0 Å². The van der Waals surface area contributed by atoms with Crippen LogP contribution in [0.2, 0.25) is 0 Å². The van der Waals surface area contributed by atoms with E-state index < -0.39 is 0 Å². The molecule has 2 N–H and O–H groups in total. The number of carbonyl (C=O) groups is 1. The quantitative estimate of drug-likeness (QED) is 0.668. The molecule has 1 aliphatic heterocycles. The van der Waals surface area contributed by atoms with Crippen LogP contribution in [0.4, 0.5) is 0 Å². The normalized spacial score (nSPS) is 21.4. The summed E-state index contributed by atoms with van der Waals surface area (Å²) in [5.74, 6) is 0.128. The van der Waals surface area contributed by atoms with Crippen molar-refractivity contribution in [2.24, 2.45) is 0 Å². The van der Waals surface area contributed by atoms with Crippen molar-refractivity contribution in [2.75, 3.05) is 26.3 Å². The van der Waals surface area contributed by atoms with Crippen LogP contribution in [0, 0.1) is 0 Å². The Hall–Kier alpha value is -0.610. The molecule has 1 unspecified atom stereocenters. The Balaban J connectivity index is 2.07. The van der Waals surface area contributed by atoms with Gasteiger partial charge in [-0.1, -0.05) is 6.92 Å². The lowest BCUT2D eigenvalue weighted by molar-refractivity contribution is -0.122. The molecular formula is C12H24N2O2. The number of rotatable bonds is 6. The van der Waals surface area contributed by atoms with Crippen molar-refractivity contribution in [3.8, 4) is 0 Å². The number of ether oxygens (including phenoxy) is 1. The van der Waals surface area contributed by atoms with Gasteiger partial charge in [0.2, 0.25) is 5.91 Å². The maximum atomic E-state index is 11.6. The van der Waals surface area contributed by atoms with Crippen LogP contribution < -0.4 is 10.6 Å². The Kier molecular flexibility index (Phi) is 7.17. The van der Waals surface area contributed by atoms with Gasteiger partial charge in [0.05, 0.1) is 6.61 Å². The summed E-state index contributed by atoms with van der Waals surface area (Å²) in [6.45, 7) is 5.45. The smallest absolute Gasteiger partial charge is 0.222 e. The van der Waals surface area contributed by atoms with E-state index in [2.05, 4.69) is 17.6 Å². The van der Waals surface area contributed by atoms with Crippen molar-refractivity contribution in [1.82, 2.24) is 10.6 Å². The summed E-state index contributed by atoms with van der Waals surface area (Å²) in [7, 11) is 0. The molecular weight excluding hydrogens is 204 g/mol. The third-order valence-corrected chi connectivity index (χ3v) is 2.76. The van der Waals surface area contributed by atoms with Crippen LogP contribution in [0.3, 0.4) is 0 Å². The molecule has 0 aliphatic carbocycles. The van der Waals surface area contributed by atoms with Gasteiger partial charge in [-0.3, -0.25) is 4.79 Å². The van der Waals surface area contributed by atoms with Crippen molar-refractivity contribution < 1.29 is 9.53 Å². The van der Waals surface area contributed by atoms with E-state index in [1.807, 2.05) is 0 Å². The highest BCUT2D eigenvalue weighted by Gasteiger charge is 2.13. The molecule has 0 bridgehead atoms. The van der Waals surface area contributed by atoms with E-state index in [0.717, 1.165) is 45.4 Å². The molecule has 0 aromatic carbocycles. The standard InChI is InChI=1S/C12H24N2O2/c1-2-9-16-10-6-12(15)14-11-4-3-7-13-8-5-11/h11,13H,2-10H2,1H3,(H,14,15). The molecule has 1 saturated heterocycles. The second-order valence-electron chi connectivity index (χ2n) is 4.31. The van der Waals surface area contributed by atoms with Gasteiger partial charge < -0.3 is 15.4 Å². The van der Waals surface area contributed by atoms with Crippen LogP contribution in [0.15, 0.2) is 0 Å². The minimum absolute atomic E-state index is 0.128.